The van der Waals surface area contributed by atoms with Gasteiger partial charge in [0.2, 0.25) is 5.91 Å². The smallest absolute Gasteiger partial charge is 0.224 e. The van der Waals surface area contributed by atoms with Crippen LogP contribution in [0.15, 0.2) is 30.3 Å². The van der Waals surface area contributed by atoms with Gasteiger partial charge in [0.1, 0.15) is 17.5 Å². The molecule has 4 rings (SSSR count). The van der Waals surface area contributed by atoms with Gasteiger partial charge in [-0.1, -0.05) is 25.7 Å². The van der Waals surface area contributed by atoms with Crippen LogP contribution < -0.4 is 15.5 Å². The van der Waals surface area contributed by atoms with E-state index in [-0.39, 0.29) is 5.91 Å². The first-order chi connectivity index (χ1) is 14.7. The van der Waals surface area contributed by atoms with Gasteiger partial charge in [-0.15, -0.1) is 0 Å². The zero-order valence-corrected chi connectivity index (χ0v) is 17.7. The average molecular weight is 410 g/mol. The van der Waals surface area contributed by atoms with Crippen molar-refractivity contribution in [1.29, 1.82) is 0 Å². The number of ether oxygens (including phenoxy) is 1. The Balaban J connectivity index is 1.32. The number of aryl methyl sites for hydroxylation is 1. The summed E-state index contributed by atoms with van der Waals surface area (Å²) in [5.41, 5.74) is 1.75. The van der Waals surface area contributed by atoms with Gasteiger partial charge in [-0.25, -0.2) is 9.97 Å². The van der Waals surface area contributed by atoms with Crippen LogP contribution in [0.1, 0.15) is 44.3 Å². The Hall–Kier alpha value is -2.67. The van der Waals surface area contributed by atoms with Gasteiger partial charge in [0.05, 0.1) is 13.2 Å². The molecule has 2 N–H and O–H groups in total. The fourth-order valence-electron chi connectivity index (χ4n) is 4.21. The third kappa shape index (κ3) is 5.69. The van der Waals surface area contributed by atoms with Gasteiger partial charge in [-0.2, -0.15) is 0 Å². The number of nitrogens with zero attached hydrogens (tertiary/aromatic N) is 3. The molecule has 2 heterocycles. The van der Waals surface area contributed by atoms with Gasteiger partial charge in [-0.3, -0.25) is 4.79 Å². The molecule has 1 aliphatic heterocycles. The second-order valence-electron chi connectivity index (χ2n) is 8.20. The van der Waals surface area contributed by atoms with Crippen LogP contribution >= 0.6 is 0 Å². The first kappa shape index (κ1) is 20.6. The number of hydrogen-bond donors (Lipinski definition) is 2. The van der Waals surface area contributed by atoms with Crippen molar-refractivity contribution in [2.24, 2.45) is 5.92 Å². The lowest BCUT2D eigenvalue weighted by atomic mass is 10.0. The van der Waals surface area contributed by atoms with Crippen LogP contribution in [0, 0.1) is 12.8 Å². The monoisotopic (exact) mass is 409 g/mol. The van der Waals surface area contributed by atoms with E-state index < -0.39 is 0 Å². The van der Waals surface area contributed by atoms with Crippen molar-refractivity contribution in [3.63, 3.8) is 0 Å². The molecule has 2 aliphatic rings. The van der Waals surface area contributed by atoms with Crippen molar-refractivity contribution in [3.8, 4) is 0 Å². The molecule has 1 amide bonds. The Bertz CT molecular complexity index is 843. The number of carbonyl (C=O) groups is 1. The van der Waals surface area contributed by atoms with Crippen molar-refractivity contribution in [1.82, 2.24) is 9.97 Å². The highest BCUT2D eigenvalue weighted by molar-refractivity contribution is 5.90. The number of carbonyl (C=O) groups excluding carboxylic acids is 1. The van der Waals surface area contributed by atoms with Crippen LogP contribution in [0.4, 0.5) is 23.0 Å². The first-order valence-electron chi connectivity index (χ1n) is 11.0. The summed E-state index contributed by atoms with van der Waals surface area (Å²) in [5.74, 6) is 3.25. The molecular formula is C23H31N5O2. The highest BCUT2D eigenvalue weighted by atomic mass is 16.5. The zero-order chi connectivity index (χ0) is 20.8. The van der Waals surface area contributed by atoms with Crippen LogP contribution in [0.2, 0.25) is 0 Å². The van der Waals surface area contributed by atoms with E-state index in [4.69, 9.17) is 4.74 Å². The highest BCUT2D eigenvalue weighted by Gasteiger charge is 2.16. The minimum Gasteiger partial charge on any atom is -0.378 e. The van der Waals surface area contributed by atoms with Gasteiger partial charge < -0.3 is 20.3 Å². The van der Waals surface area contributed by atoms with Crippen LogP contribution in [0.3, 0.4) is 0 Å². The molecule has 0 radical (unpaired) electrons. The molecule has 1 saturated heterocycles. The molecular weight excluding hydrogens is 378 g/mol. The zero-order valence-electron chi connectivity index (χ0n) is 17.7. The summed E-state index contributed by atoms with van der Waals surface area (Å²) in [7, 11) is 0. The normalized spacial score (nSPS) is 17.2. The van der Waals surface area contributed by atoms with Gasteiger partial charge in [-0.05, 0) is 43.5 Å². The fourth-order valence-corrected chi connectivity index (χ4v) is 4.21. The lowest BCUT2D eigenvalue weighted by Gasteiger charge is -2.28. The van der Waals surface area contributed by atoms with Crippen molar-refractivity contribution in [3.05, 3.63) is 36.2 Å². The molecule has 7 nitrogen and oxygen atoms in total. The van der Waals surface area contributed by atoms with E-state index in [0.717, 1.165) is 67.5 Å². The van der Waals surface area contributed by atoms with Crippen LogP contribution in [0.25, 0.3) is 0 Å². The van der Waals surface area contributed by atoms with Crippen LogP contribution in [0.5, 0.6) is 0 Å². The molecule has 0 bridgehead atoms. The number of hydrogen-bond acceptors (Lipinski definition) is 6. The number of anilines is 4. The maximum Gasteiger partial charge on any atom is 0.224 e. The summed E-state index contributed by atoms with van der Waals surface area (Å²) in [6.45, 7) is 5.02. The van der Waals surface area contributed by atoms with Crippen molar-refractivity contribution in [2.75, 3.05) is 41.8 Å². The Morgan fingerprint density at radius 2 is 1.80 bits per heavy atom. The molecule has 1 aromatic heterocycles. The molecule has 0 unspecified atom stereocenters. The van der Waals surface area contributed by atoms with E-state index in [2.05, 4.69) is 25.5 Å². The van der Waals surface area contributed by atoms with E-state index in [1.54, 1.807) is 0 Å². The average Bonchev–Trinajstić information content (AvgIpc) is 3.28. The Labute approximate surface area is 178 Å². The minimum absolute atomic E-state index is 0.101. The number of morpholine rings is 1. The first-order valence-corrected chi connectivity index (χ1v) is 11.0. The topological polar surface area (TPSA) is 79.4 Å². The van der Waals surface area contributed by atoms with Gasteiger partial charge >= 0.3 is 0 Å². The molecule has 2 fully saturated rings. The molecule has 2 aromatic rings. The second kappa shape index (κ2) is 9.89. The highest BCUT2D eigenvalue weighted by Crippen LogP contribution is 2.28. The molecule has 1 saturated carbocycles. The van der Waals surface area contributed by atoms with Gasteiger partial charge in [0, 0.05) is 37.0 Å². The molecule has 1 aromatic carbocycles. The summed E-state index contributed by atoms with van der Waals surface area (Å²) >= 11 is 0. The molecule has 1 aliphatic carbocycles. The predicted molar refractivity (Wildman–Crippen MR) is 119 cm³/mol. The van der Waals surface area contributed by atoms with Gasteiger partial charge in [0.25, 0.3) is 0 Å². The van der Waals surface area contributed by atoms with E-state index in [9.17, 15) is 4.79 Å². The maximum absolute atomic E-state index is 12.2. The summed E-state index contributed by atoms with van der Waals surface area (Å²) in [5, 5.41) is 6.35. The minimum atomic E-state index is 0.101. The third-order valence-electron chi connectivity index (χ3n) is 5.85. The summed E-state index contributed by atoms with van der Waals surface area (Å²) < 4.78 is 5.43. The number of amides is 1. The van der Waals surface area contributed by atoms with Gasteiger partial charge in [0.15, 0.2) is 0 Å². The summed E-state index contributed by atoms with van der Waals surface area (Å²) in [6.07, 6.45) is 6.81. The SMILES string of the molecule is Cc1nc(Nc2ccc(NC(=O)CCC3CCCC3)cc2)cc(N2CCOCC2)n1. The number of rotatable bonds is 7. The molecule has 7 heteroatoms. The molecule has 160 valence electrons. The van der Waals surface area contributed by atoms with E-state index >= 15 is 0 Å². The summed E-state index contributed by atoms with van der Waals surface area (Å²) in [6, 6.07) is 9.73. The quantitative estimate of drug-likeness (QED) is 0.711. The molecule has 0 atom stereocenters. The lowest BCUT2D eigenvalue weighted by molar-refractivity contribution is -0.116. The lowest BCUT2D eigenvalue weighted by Crippen LogP contribution is -2.36. The van der Waals surface area contributed by atoms with Crippen LogP contribution in [-0.4, -0.2) is 42.2 Å². The van der Waals surface area contributed by atoms with E-state index in [1.807, 2.05) is 37.3 Å². The Morgan fingerprint density at radius 3 is 2.53 bits per heavy atom. The standard InChI is InChI=1S/C23H31N5O2/c1-17-24-21(16-22(25-17)28-12-14-30-15-13-28)26-19-7-9-20(10-8-19)27-23(29)11-6-18-4-2-3-5-18/h7-10,16,18H,2-6,11-15H2,1H3,(H,27,29)(H,24,25,26). The van der Waals surface area contributed by atoms with Crippen molar-refractivity contribution >= 4 is 28.9 Å². The Morgan fingerprint density at radius 1 is 1.10 bits per heavy atom. The van der Waals surface area contributed by atoms with E-state index in [1.165, 1.54) is 25.7 Å². The predicted octanol–water partition coefficient (Wildman–Crippen LogP) is 4.27. The number of aromatic nitrogens is 2. The van der Waals surface area contributed by atoms with Crippen molar-refractivity contribution < 1.29 is 9.53 Å². The Kier molecular flexibility index (Phi) is 6.79. The van der Waals surface area contributed by atoms with E-state index in [0.29, 0.717) is 6.42 Å². The molecule has 30 heavy (non-hydrogen) atoms. The third-order valence-corrected chi connectivity index (χ3v) is 5.85. The molecule has 0 spiro atoms. The number of nitrogens with one attached hydrogen (secondary N) is 2. The maximum atomic E-state index is 12.2. The summed E-state index contributed by atoms with van der Waals surface area (Å²) in [4.78, 5) is 23.5. The number of benzene rings is 1. The fraction of sp³-hybridized carbons (Fsp3) is 0.522. The second-order valence-corrected chi connectivity index (χ2v) is 8.20. The van der Waals surface area contributed by atoms with Crippen molar-refractivity contribution in [2.45, 2.75) is 45.4 Å². The largest absolute Gasteiger partial charge is 0.378 e. The van der Waals surface area contributed by atoms with Crippen LogP contribution in [-0.2, 0) is 9.53 Å².